The van der Waals surface area contributed by atoms with Crippen LogP contribution in [-0.4, -0.2) is 47.6 Å². The quantitative estimate of drug-likeness (QED) is 0.644. The number of aromatic nitrogens is 1. The van der Waals surface area contributed by atoms with E-state index in [2.05, 4.69) is 4.99 Å². The molecule has 0 aliphatic carbocycles. The molecule has 0 N–H and O–H groups in total. The molecule has 0 radical (unpaired) electrons. The summed E-state index contributed by atoms with van der Waals surface area (Å²) < 4.78 is 13.0. The Bertz CT molecular complexity index is 1120. The Morgan fingerprint density at radius 3 is 2.53 bits per heavy atom. The third-order valence-corrected chi connectivity index (χ3v) is 5.95. The van der Waals surface area contributed by atoms with Gasteiger partial charge in [0.1, 0.15) is 5.76 Å². The van der Waals surface area contributed by atoms with Crippen molar-refractivity contribution in [3.05, 3.63) is 74.9 Å². The average molecular weight is 426 g/mol. The van der Waals surface area contributed by atoms with Gasteiger partial charge >= 0.3 is 0 Å². The summed E-state index contributed by atoms with van der Waals surface area (Å²) in [6.07, 6.45) is 0. The molecule has 0 saturated carbocycles. The maximum atomic E-state index is 12.6. The predicted octanol–water partition coefficient (Wildman–Crippen LogP) is 3.02. The monoisotopic (exact) mass is 425 g/mol. The number of amides is 2. The molecule has 0 atom stereocenters. The number of furan rings is 1. The summed E-state index contributed by atoms with van der Waals surface area (Å²) in [4.78, 5) is 31.8. The van der Waals surface area contributed by atoms with Crippen LogP contribution in [0.5, 0.6) is 0 Å². The zero-order valence-electron chi connectivity index (χ0n) is 17.0. The lowest BCUT2D eigenvalue weighted by molar-refractivity contribution is 0.0281. The zero-order chi connectivity index (χ0) is 21.1. The fraction of sp³-hybridized carbons (Fsp3) is 0.318. The smallest absolute Gasteiger partial charge is 0.289 e. The molecule has 30 heavy (non-hydrogen) atoms. The number of rotatable bonds is 4. The van der Waals surface area contributed by atoms with Crippen LogP contribution in [0.4, 0.5) is 0 Å². The summed E-state index contributed by atoms with van der Waals surface area (Å²) in [6.45, 7) is 6.55. The molecule has 0 bridgehead atoms. The Hall–Kier alpha value is -2.97. The molecule has 7 nitrogen and oxygen atoms in total. The van der Waals surface area contributed by atoms with Crippen molar-refractivity contribution in [3.8, 4) is 0 Å². The van der Waals surface area contributed by atoms with Crippen molar-refractivity contribution in [2.75, 3.05) is 26.3 Å². The van der Waals surface area contributed by atoms with Crippen molar-refractivity contribution < 1.29 is 18.7 Å². The minimum Gasteiger partial charge on any atom is -0.454 e. The molecule has 3 aromatic rings. The van der Waals surface area contributed by atoms with Crippen LogP contribution in [0.3, 0.4) is 0 Å². The van der Waals surface area contributed by atoms with Crippen molar-refractivity contribution in [1.82, 2.24) is 9.47 Å². The SMILES string of the molecule is Cc1ccc(C(=O)N=c2scc(C)n2Cc2ccc(C(=O)N3CCOCC3)o2)cc1. The Balaban J connectivity index is 1.54. The van der Waals surface area contributed by atoms with Gasteiger partial charge in [0.15, 0.2) is 10.6 Å². The number of aryl methyl sites for hydroxylation is 2. The number of morpholine rings is 1. The largest absolute Gasteiger partial charge is 0.454 e. The predicted molar refractivity (Wildman–Crippen MR) is 113 cm³/mol. The Morgan fingerprint density at radius 1 is 1.07 bits per heavy atom. The normalized spacial score (nSPS) is 14.9. The van der Waals surface area contributed by atoms with E-state index in [9.17, 15) is 9.59 Å². The summed E-state index contributed by atoms with van der Waals surface area (Å²) in [5, 5.41) is 1.95. The first kappa shape index (κ1) is 20.3. The van der Waals surface area contributed by atoms with Crippen molar-refractivity contribution in [2.24, 2.45) is 4.99 Å². The van der Waals surface area contributed by atoms with Gasteiger partial charge in [-0.3, -0.25) is 9.59 Å². The highest BCUT2D eigenvalue weighted by atomic mass is 32.1. The van der Waals surface area contributed by atoms with Crippen LogP contribution in [0.2, 0.25) is 0 Å². The van der Waals surface area contributed by atoms with Gasteiger partial charge in [-0.25, -0.2) is 0 Å². The maximum Gasteiger partial charge on any atom is 0.289 e. The fourth-order valence-electron chi connectivity index (χ4n) is 3.20. The number of ether oxygens (including phenoxy) is 1. The lowest BCUT2D eigenvalue weighted by Gasteiger charge is -2.25. The second kappa shape index (κ2) is 8.81. The Morgan fingerprint density at radius 2 is 1.80 bits per heavy atom. The van der Waals surface area contributed by atoms with Crippen molar-refractivity contribution >= 4 is 23.2 Å². The third-order valence-electron chi connectivity index (χ3n) is 4.97. The van der Waals surface area contributed by atoms with E-state index >= 15 is 0 Å². The van der Waals surface area contributed by atoms with Crippen LogP contribution in [0.15, 0.2) is 51.2 Å². The van der Waals surface area contributed by atoms with Gasteiger partial charge in [0.25, 0.3) is 11.8 Å². The number of carbonyl (C=O) groups excluding carboxylic acids is 2. The first-order valence-electron chi connectivity index (χ1n) is 9.77. The standard InChI is InChI=1S/C22H23N3O4S/c1-15-3-5-17(6-4-15)20(26)23-22-25(16(2)14-30-22)13-18-7-8-19(29-18)21(27)24-9-11-28-12-10-24/h3-8,14H,9-13H2,1-2H3. The third kappa shape index (κ3) is 4.44. The highest BCUT2D eigenvalue weighted by Crippen LogP contribution is 2.14. The van der Waals surface area contributed by atoms with Crippen LogP contribution < -0.4 is 4.80 Å². The topological polar surface area (TPSA) is 77.0 Å². The van der Waals surface area contributed by atoms with Crippen molar-refractivity contribution in [2.45, 2.75) is 20.4 Å². The van der Waals surface area contributed by atoms with Gasteiger partial charge in [-0.15, -0.1) is 11.3 Å². The second-order valence-corrected chi connectivity index (χ2v) is 8.04. The molecule has 1 aromatic carbocycles. The lowest BCUT2D eigenvalue weighted by Crippen LogP contribution is -2.40. The van der Waals surface area contributed by atoms with Crippen molar-refractivity contribution in [1.29, 1.82) is 0 Å². The number of hydrogen-bond donors (Lipinski definition) is 0. The van der Waals surface area contributed by atoms with Gasteiger partial charge in [-0.1, -0.05) is 17.7 Å². The van der Waals surface area contributed by atoms with Gasteiger partial charge in [0.05, 0.1) is 19.8 Å². The molecule has 4 rings (SSSR count). The van der Waals surface area contributed by atoms with E-state index in [-0.39, 0.29) is 11.8 Å². The molecule has 1 aliphatic heterocycles. The summed E-state index contributed by atoms with van der Waals surface area (Å²) >= 11 is 1.40. The molecule has 1 saturated heterocycles. The van der Waals surface area contributed by atoms with Crippen LogP contribution in [-0.2, 0) is 11.3 Å². The summed E-state index contributed by atoms with van der Waals surface area (Å²) in [7, 11) is 0. The molecular formula is C22H23N3O4S. The molecule has 2 amide bonds. The lowest BCUT2D eigenvalue weighted by atomic mass is 10.1. The number of nitrogens with zero attached hydrogens (tertiary/aromatic N) is 3. The molecule has 0 unspecified atom stereocenters. The molecule has 1 fully saturated rings. The number of hydrogen-bond acceptors (Lipinski definition) is 5. The van der Waals surface area contributed by atoms with Crippen LogP contribution in [0.1, 0.15) is 37.9 Å². The van der Waals surface area contributed by atoms with Crippen LogP contribution >= 0.6 is 11.3 Å². The van der Waals surface area contributed by atoms with Crippen molar-refractivity contribution in [3.63, 3.8) is 0 Å². The van der Waals surface area contributed by atoms with E-state index in [0.717, 1.165) is 11.3 Å². The fourth-order valence-corrected chi connectivity index (χ4v) is 4.07. The minimum atomic E-state index is -0.284. The summed E-state index contributed by atoms with van der Waals surface area (Å²) in [6, 6.07) is 10.8. The summed E-state index contributed by atoms with van der Waals surface area (Å²) in [5.74, 6) is 0.538. The first-order valence-corrected chi connectivity index (χ1v) is 10.7. The highest BCUT2D eigenvalue weighted by molar-refractivity contribution is 7.07. The summed E-state index contributed by atoms with van der Waals surface area (Å²) in [5.41, 5.74) is 2.61. The number of benzene rings is 1. The first-order chi connectivity index (χ1) is 14.5. The number of thiazole rings is 1. The van der Waals surface area contributed by atoms with Crippen LogP contribution in [0.25, 0.3) is 0 Å². The molecule has 1 aliphatic rings. The highest BCUT2D eigenvalue weighted by Gasteiger charge is 2.21. The van der Waals surface area contributed by atoms with Gasteiger partial charge < -0.3 is 18.6 Å². The van der Waals surface area contributed by atoms with E-state index in [1.54, 1.807) is 29.2 Å². The number of carbonyl (C=O) groups is 2. The Labute approximate surface area is 178 Å². The molecule has 2 aromatic heterocycles. The van der Waals surface area contributed by atoms with Crippen LogP contribution in [0, 0.1) is 13.8 Å². The average Bonchev–Trinajstić information content (AvgIpc) is 3.37. The minimum absolute atomic E-state index is 0.129. The van der Waals surface area contributed by atoms with E-state index in [1.807, 2.05) is 35.9 Å². The molecular weight excluding hydrogens is 402 g/mol. The van der Waals surface area contributed by atoms with E-state index < -0.39 is 0 Å². The second-order valence-electron chi connectivity index (χ2n) is 7.20. The molecule has 3 heterocycles. The van der Waals surface area contributed by atoms with Gasteiger partial charge in [-0.2, -0.15) is 4.99 Å². The molecule has 156 valence electrons. The van der Waals surface area contributed by atoms with E-state index in [0.29, 0.717) is 54.7 Å². The van der Waals surface area contributed by atoms with E-state index in [1.165, 1.54) is 11.3 Å². The van der Waals surface area contributed by atoms with Gasteiger partial charge in [0, 0.05) is 29.7 Å². The van der Waals surface area contributed by atoms with Gasteiger partial charge in [-0.05, 0) is 38.1 Å². The molecule has 8 heteroatoms. The maximum absolute atomic E-state index is 12.6. The Kier molecular flexibility index (Phi) is 5.96. The van der Waals surface area contributed by atoms with E-state index in [4.69, 9.17) is 9.15 Å². The molecule has 0 spiro atoms. The zero-order valence-corrected chi connectivity index (χ0v) is 17.8. The van der Waals surface area contributed by atoms with Gasteiger partial charge in [0.2, 0.25) is 0 Å².